The Kier molecular flexibility index (Phi) is 4.53. The second-order valence-corrected chi connectivity index (χ2v) is 6.12. The third kappa shape index (κ3) is 3.64. The van der Waals surface area contributed by atoms with Crippen LogP contribution in [-0.2, 0) is 6.54 Å². The first-order valence-electron chi connectivity index (χ1n) is 8.45. The van der Waals surface area contributed by atoms with Crippen LogP contribution in [0.5, 0.6) is 0 Å². The Morgan fingerprint density at radius 1 is 1.04 bits per heavy atom. The summed E-state index contributed by atoms with van der Waals surface area (Å²) in [5, 5.41) is 30.0. The monoisotopic (exact) mass is 360 g/mol. The van der Waals surface area contributed by atoms with Crippen LogP contribution in [0.15, 0.2) is 48.5 Å². The molecule has 0 aliphatic heterocycles. The van der Waals surface area contributed by atoms with E-state index in [0.29, 0.717) is 35.3 Å². The number of aromatic amines is 1. The number of aryl methyl sites for hydroxylation is 1. The maximum Gasteiger partial charge on any atom is 0.488 e. The van der Waals surface area contributed by atoms with Gasteiger partial charge in [0.1, 0.15) is 11.5 Å². The number of anilines is 1. The van der Waals surface area contributed by atoms with E-state index in [1.807, 2.05) is 30.3 Å². The fraction of sp³-hybridized carbons (Fsp3) is 0.111. The van der Waals surface area contributed by atoms with E-state index >= 15 is 0 Å². The van der Waals surface area contributed by atoms with Crippen LogP contribution >= 0.6 is 0 Å². The quantitative estimate of drug-likeness (QED) is 0.392. The first kappa shape index (κ1) is 17.1. The van der Waals surface area contributed by atoms with E-state index in [4.69, 9.17) is 0 Å². The van der Waals surface area contributed by atoms with Gasteiger partial charge < -0.3 is 15.4 Å². The molecule has 0 saturated heterocycles. The molecule has 0 amide bonds. The summed E-state index contributed by atoms with van der Waals surface area (Å²) >= 11 is 0. The minimum Gasteiger partial charge on any atom is -0.423 e. The van der Waals surface area contributed by atoms with Gasteiger partial charge in [-0.05, 0) is 24.0 Å². The summed E-state index contributed by atoms with van der Waals surface area (Å²) in [6, 6.07) is 14.8. The van der Waals surface area contributed by atoms with E-state index in [1.54, 1.807) is 25.1 Å². The zero-order chi connectivity index (χ0) is 18.8. The molecule has 134 valence electrons. The predicted molar refractivity (Wildman–Crippen MR) is 103 cm³/mol. The molecule has 8 nitrogen and oxygen atoms in total. The van der Waals surface area contributed by atoms with Crippen molar-refractivity contribution in [1.82, 2.24) is 25.1 Å². The molecule has 0 atom stereocenters. The maximum atomic E-state index is 9.29. The van der Waals surface area contributed by atoms with Gasteiger partial charge in [0.15, 0.2) is 5.82 Å². The number of hydrogen-bond donors (Lipinski definition) is 4. The summed E-state index contributed by atoms with van der Waals surface area (Å²) in [6.07, 6.45) is 0. The average molecular weight is 360 g/mol. The maximum absolute atomic E-state index is 9.29. The van der Waals surface area contributed by atoms with Gasteiger partial charge in [-0.1, -0.05) is 42.5 Å². The van der Waals surface area contributed by atoms with Crippen LogP contribution in [0.4, 0.5) is 5.95 Å². The van der Waals surface area contributed by atoms with Gasteiger partial charge in [0.25, 0.3) is 0 Å². The van der Waals surface area contributed by atoms with Crippen molar-refractivity contribution in [2.24, 2.45) is 0 Å². The number of benzene rings is 2. The summed E-state index contributed by atoms with van der Waals surface area (Å²) in [5.41, 5.74) is 2.90. The highest BCUT2D eigenvalue weighted by Gasteiger charge is 2.14. The molecular formula is C18H17BN6O2. The number of nitrogens with zero attached hydrogens (tertiary/aromatic N) is 4. The molecule has 2 heterocycles. The number of para-hydroxylation sites is 1. The first-order chi connectivity index (χ1) is 13.1. The fourth-order valence-electron chi connectivity index (χ4n) is 2.85. The average Bonchev–Trinajstić information content (AvgIpc) is 3.10. The normalized spacial score (nSPS) is 10.9. The summed E-state index contributed by atoms with van der Waals surface area (Å²) in [5.74, 6) is 1.50. The van der Waals surface area contributed by atoms with E-state index in [0.717, 1.165) is 16.5 Å². The Hall–Kier alpha value is -3.30. The van der Waals surface area contributed by atoms with Crippen molar-refractivity contribution >= 4 is 29.4 Å². The molecule has 2 aromatic heterocycles. The molecule has 2 aromatic carbocycles. The Morgan fingerprint density at radius 3 is 2.74 bits per heavy atom. The largest absolute Gasteiger partial charge is 0.488 e. The summed E-state index contributed by atoms with van der Waals surface area (Å²) in [6.45, 7) is 2.23. The molecule has 0 bridgehead atoms. The van der Waals surface area contributed by atoms with Gasteiger partial charge in [0, 0.05) is 11.9 Å². The number of rotatable bonds is 5. The van der Waals surface area contributed by atoms with Gasteiger partial charge in [-0.25, -0.2) is 4.98 Å². The SMILES string of the molecule is Cc1nc(NCc2cccc(B(O)O)c2)nc(-c2n[nH]c3ccccc23)n1. The lowest BCUT2D eigenvalue weighted by atomic mass is 9.80. The van der Waals surface area contributed by atoms with Gasteiger partial charge in [0.05, 0.1) is 5.52 Å². The zero-order valence-electron chi connectivity index (χ0n) is 14.6. The lowest BCUT2D eigenvalue weighted by molar-refractivity contribution is 0.425. The Labute approximate surface area is 155 Å². The van der Waals surface area contributed by atoms with E-state index in [-0.39, 0.29) is 0 Å². The van der Waals surface area contributed by atoms with Crippen molar-refractivity contribution in [3.05, 3.63) is 59.9 Å². The van der Waals surface area contributed by atoms with Crippen LogP contribution in [0.25, 0.3) is 22.4 Å². The van der Waals surface area contributed by atoms with E-state index in [2.05, 4.69) is 30.5 Å². The lowest BCUT2D eigenvalue weighted by Crippen LogP contribution is -2.30. The van der Waals surface area contributed by atoms with E-state index in [1.165, 1.54) is 0 Å². The van der Waals surface area contributed by atoms with Crippen LogP contribution in [0.1, 0.15) is 11.4 Å². The molecular weight excluding hydrogens is 343 g/mol. The van der Waals surface area contributed by atoms with Crippen LogP contribution in [-0.4, -0.2) is 42.3 Å². The molecule has 4 aromatic rings. The van der Waals surface area contributed by atoms with Gasteiger partial charge >= 0.3 is 7.12 Å². The standard InChI is InChI=1S/C18H17BN6O2/c1-11-21-17(16-14-7-2-3-8-15(14)24-25-16)23-18(22-11)20-10-12-5-4-6-13(9-12)19(26)27/h2-9,26-27H,10H2,1H3,(H,24,25)(H,20,21,22,23). The topological polar surface area (TPSA) is 120 Å². The summed E-state index contributed by atoms with van der Waals surface area (Å²) in [4.78, 5) is 13.2. The van der Waals surface area contributed by atoms with Crippen molar-refractivity contribution in [3.8, 4) is 11.5 Å². The van der Waals surface area contributed by atoms with Crippen LogP contribution in [0.3, 0.4) is 0 Å². The molecule has 27 heavy (non-hydrogen) atoms. The van der Waals surface area contributed by atoms with Gasteiger partial charge in [-0.2, -0.15) is 15.1 Å². The summed E-state index contributed by atoms with van der Waals surface area (Å²) < 4.78 is 0. The Bertz CT molecular complexity index is 1100. The van der Waals surface area contributed by atoms with E-state index in [9.17, 15) is 10.0 Å². The molecule has 0 radical (unpaired) electrons. The third-order valence-corrected chi connectivity index (χ3v) is 4.13. The second-order valence-electron chi connectivity index (χ2n) is 6.12. The minimum absolute atomic E-state index is 0.430. The zero-order valence-corrected chi connectivity index (χ0v) is 14.6. The minimum atomic E-state index is -1.50. The molecule has 0 fully saturated rings. The van der Waals surface area contributed by atoms with Crippen molar-refractivity contribution in [2.75, 3.05) is 5.32 Å². The highest BCUT2D eigenvalue weighted by Crippen LogP contribution is 2.23. The molecule has 0 saturated carbocycles. The molecule has 0 unspecified atom stereocenters. The molecule has 9 heteroatoms. The van der Waals surface area contributed by atoms with Crippen molar-refractivity contribution in [3.63, 3.8) is 0 Å². The molecule has 4 rings (SSSR count). The highest BCUT2D eigenvalue weighted by atomic mass is 16.4. The number of nitrogens with one attached hydrogen (secondary N) is 2. The highest BCUT2D eigenvalue weighted by molar-refractivity contribution is 6.58. The van der Waals surface area contributed by atoms with Gasteiger partial charge in [-0.15, -0.1) is 0 Å². The van der Waals surface area contributed by atoms with Gasteiger partial charge in [0.2, 0.25) is 5.95 Å². The first-order valence-corrected chi connectivity index (χ1v) is 8.45. The molecule has 0 spiro atoms. The van der Waals surface area contributed by atoms with Crippen molar-refractivity contribution in [2.45, 2.75) is 13.5 Å². The lowest BCUT2D eigenvalue weighted by Gasteiger charge is -2.08. The van der Waals surface area contributed by atoms with E-state index < -0.39 is 7.12 Å². The molecule has 0 aliphatic carbocycles. The smallest absolute Gasteiger partial charge is 0.423 e. The number of aromatic nitrogens is 5. The predicted octanol–water partition coefficient (Wildman–Crippen LogP) is 1.02. The number of hydrogen-bond acceptors (Lipinski definition) is 7. The van der Waals surface area contributed by atoms with Crippen LogP contribution in [0.2, 0.25) is 0 Å². The third-order valence-electron chi connectivity index (χ3n) is 4.13. The van der Waals surface area contributed by atoms with Crippen molar-refractivity contribution in [1.29, 1.82) is 0 Å². The Morgan fingerprint density at radius 2 is 1.89 bits per heavy atom. The Balaban J connectivity index is 1.60. The van der Waals surface area contributed by atoms with Crippen molar-refractivity contribution < 1.29 is 10.0 Å². The summed E-state index contributed by atoms with van der Waals surface area (Å²) in [7, 11) is -1.50. The fourth-order valence-corrected chi connectivity index (χ4v) is 2.85. The second kappa shape index (κ2) is 7.14. The van der Waals surface area contributed by atoms with Crippen LogP contribution < -0.4 is 10.8 Å². The number of fused-ring (bicyclic) bond motifs is 1. The van der Waals surface area contributed by atoms with Crippen LogP contribution in [0, 0.1) is 6.92 Å². The number of H-pyrrole nitrogens is 1. The molecule has 4 N–H and O–H groups in total. The molecule has 0 aliphatic rings. The van der Waals surface area contributed by atoms with Gasteiger partial charge in [-0.3, -0.25) is 5.10 Å².